The maximum absolute atomic E-state index is 13.4. The Hall–Kier alpha value is -4.67. The average molecular weight is 524 g/mol. The lowest BCUT2D eigenvalue weighted by Gasteiger charge is -2.24. The van der Waals surface area contributed by atoms with Gasteiger partial charge in [0, 0.05) is 23.2 Å². The molecule has 196 valence electrons. The van der Waals surface area contributed by atoms with Crippen molar-refractivity contribution in [1.82, 2.24) is 0 Å². The zero-order valence-corrected chi connectivity index (χ0v) is 20.1. The highest BCUT2D eigenvalue weighted by molar-refractivity contribution is 6.10. The number of methoxy groups -OCH3 is 1. The standard InChI is InChI=1S/C27H23F3N4O4/c1-37-23(35)15-26(14-22(34-38-26)17-5-4-6-18(13-17)24(31)32)25(36)33-19-11-9-16(10-12-19)20-7-2-3-8-21(20)27(28,29)30/h2-13H,14-15H2,1H3,(H3,31,32)(H,33,36). The van der Waals surface area contributed by atoms with Crippen molar-refractivity contribution in [3.63, 3.8) is 0 Å². The molecule has 1 unspecified atom stereocenters. The Balaban J connectivity index is 1.56. The number of anilines is 1. The number of hydrogen-bond acceptors (Lipinski definition) is 6. The topological polar surface area (TPSA) is 127 Å². The molecule has 3 aromatic rings. The molecule has 1 heterocycles. The van der Waals surface area contributed by atoms with E-state index in [0.717, 1.165) is 6.07 Å². The molecule has 0 saturated heterocycles. The van der Waals surface area contributed by atoms with E-state index in [4.69, 9.17) is 20.7 Å². The van der Waals surface area contributed by atoms with Gasteiger partial charge in [-0.15, -0.1) is 0 Å². The maximum atomic E-state index is 13.4. The highest BCUT2D eigenvalue weighted by atomic mass is 19.4. The van der Waals surface area contributed by atoms with Crippen molar-refractivity contribution in [3.8, 4) is 11.1 Å². The molecule has 0 aromatic heterocycles. The van der Waals surface area contributed by atoms with Crippen molar-refractivity contribution in [2.75, 3.05) is 12.4 Å². The number of hydrogen-bond donors (Lipinski definition) is 3. The number of nitrogens with zero attached hydrogens (tertiary/aromatic N) is 1. The summed E-state index contributed by atoms with van der Waals surface area (Å²) in [7, 11) is 1.18. The van der Waals surface area contributed by atoms with Crippen LogP contribution < -0.4 is 11.1 Å². The molecular formula is C27H23F3N4O4. The van der Waals surface area contributed by atoms with Gasteiger partial charge in [0.05, 0.1) is 24.8 Å². The van der Waals surface area contributed by atoms with Crippen molar-refractivity contribution in [3.05, 3.63) is 89.5 Å². The molecule has 1 aliphatic rings. The summed E-state index contributed by atoms with van der Waals surface area (Å²) in [5, 5.41) is 14.3. The first kappa shape index (κ1) is 26.4. The van der Waals surface area contributed by atoms with E-state index in [2.05, 4.69) is 10.5 Å². The van der Waals surface area contributed by atoms with Crippen molar-refractivity contribution in [2.24, 2.45) is 10.9 Å². The number of esters is 1. The summed E-state index contributed by atoms with van der Waals surface area (Å²) in [6.07, 6.45) is -5.04. The Morgan fingerprint density at radius 3 is 2.45 bits per heavy atom. The molecule has 0 aliphatic carbocycles. The van der Waals surface area contributed by atoms with Crippen LogP contribution in [0.25, 0.3) is 11.1 Å². The molecule has 1 atom stereocenters. The summed E-state index contributed by atoms with van der Waals surface area (Å²) in [6.45, 7) is 0. The van der Waals surface area contributed by atoms with Crippen LogP contribution in [0.15, 0.2) is 78.0 Å². The Bertz CT molecular complexity index is 1420. The molecule has 1 aliphatic heterocycles. The number of amidine groups is 1. The fraction of sp³-hybridized carbons (Fsp3) is 0.185. The van der Waals surface area contributed by atoms with Crippen LogP contribution >= 0.6 is 0 Å². The van der Waals surface area contributed by atoms with Gasteiger partial charge in [-0.25, -0.2) is 0 Å². The molecule has 0 radical (unpaired) electrons. The van der Waals surface area contributed by atoms with E-state index in [-0.39, 0.29) is 23.5 Å². The van der Waals surface area contributed by atoms with E-state index in [0.29, 0.717) is 22.4 Å². The van der Waals surface area contributed by atoms with Gasteiger partial charge < -0.3 is 20.6 Å². The second-order valence-electron chi connectivity index (χ2n) is 8.62. The van der Waals surface area contributed by atoms with Gasteiger partial charge >= 0.3 is 12.1 Å². The molecule has 8 nitrogen and oxygen atoms in total. The molecule has 11 heteroatoms. The third-order valence-corrected chi connectivity index (χ3v) is 6.05. The maximum Gasteiger partial charge on any atom is 0.417 e. The van der Waals surface area contributed by atoms with Crippen LogP contribution in [0.3, 0.4) is 0 Å². The zero-order valence-electron chi connectivity index (χ0n) is 20.1. The molecule has 0 spiro atoms. The van der Waals surface area contributed by atoms with Gasteiger partial charge in [0.2, 0.25) is 5.60 Å². The molecule has 38 heavy (non-hydrogen) atoms. The minimum Gasteiger partial charge on any atom is -0.469 e. The monoisotopic (exact) mass is 524 g/mol. The van der Waals surface area contributed by atoms with Crippen LogP contribution in [0, 0.1) is 5.41 Å². The minimum atomic E-state index is -4.52. The van der Waals surface area contributed by atoms with Crippen molar-refractivity contribution >= 4 is 29.1 Å². The summed E-state index contributed by atoms with van der Waals surface area (Å²) < 4.78 is 45.0. The van der Waals surface area contributed by atoms with Gasteiger partial charge in [0.1, 0.15) is 5.84 Å². The third-order valence-electron chi connectivity index (χ3n) is 6.05. The largest absolute Gasteiger partial charge is 0.469 e. The summed E-state index contributed by atoms with van der Waals surface area (Å²) in [5.41, 5.74) is 5.04. The Morgan fingerprint density at radius 2 is 1.79 bits per heavy atom. The number of amides is 1. The van der Waals surface area contributed by atoms with Crippen molar-refractivity contribution in [1.29, 1.82) is 5.41 Å². The zero-order chi connectivity index (χ0) is 27.5. The molecule has 4 N–H and O–H groups in total. The van der Waals surface area contributed by atoms with Gasteiger partial charge in [-0.05, 0) is 35.4 Å². The average Bonchev–Trinajstić information content (AvgIpc) is 3.34. The highest BCUT2D eigenvalue weighted by Crippen LogP contribution is 2.37. The lowest BCUT2D eigenvalue weighted by Crippen LogP contribution is -2.45. The quantitative estimate of drug-likeness (QED) is 0.234. The van der Waals surface area contributed by atoms with E-state index in [1.807, 2.05) is 0 Å². The Labute approximate surface area is 215 Å². The smallest absolute Gasteiger partial charge is 0.417 e. The summed E-state index contributed by atoms with van der Waals surface area (Å²) >= 11 is 0. The number of carbonyl (C=O) groups is 2. The molecule has 3 aromatic carbocycles. The van der Waals surface area contributed by atoms with E-state index >= 15 is 0 Å². The van der Waals surface area contributed by atoms with Crippen LogP contribution in [0.5, 0.6) is 0 Å². The summed E-state index contributed by atoms with van der Waals surface area (Å²) in [6, 6.07) is 17.7. The number of alkyl halides is 3. The second kappa shape index (κ2) is 10.4. The van der Waals surface area contributed by atoms with Crippen LogP contribution in [-0.4, -0.2) is 36.1 Å². The van der Waals surface area contributed by atoms with Crippen LogP contribution in [0.1, 0.15) is 29.5 Å². The number of carbonyl (C=O) groups excluding carboxylic acids is 2. The predicted molar refractivity (Wildman–Crippen MR) is 135 cm³/mol. The number of halogens is 3. The van der Waals surface area contributed by atoms with E-state index in [1.165, 1.54) is 49.6 Å². The van der Waals surface area contributed by atoms with E-state index in [1.54, 1.807) is 24.3 Å². The second-order valence-corrected chi connectivity index (χ2v) is 8.62. The molecule has 0 fully saturated rings. The SMILES string of the molecule is COC(=O)CC1(C(=O)Nc2ccc(-c3ccccc3C(F)(F)F)cc2)CC(c2cccc(C(=N)N)c2)=NO1. The van der Waals surface area contributed by atoms with Crippen LogP contribution in [0.2, 0.25) is 0 Å². The Morgan fingerprint density at radius 1 is 1.08 bits per heavy atom. The number of rotatable bonds is 7. The Kier molecular flexibility index (Phi) is 7.20. The van der Waals surface area contributed by atoms with Gasteiger partial charge in [-0.2, -0.15) is 13.2 Å². The summed E-state index contributed by atoms with van der Waals surface area (Å²) in [5.74, 6) is -1.53. The lowest BCUT2D eigenvalue weighted by atomic mass is 9.89. The van der Waals surface area contributed by atoms with E-state index in [9.17, 15) is 22.8 Å². The van der Waals surface area contributed by atoms with Gasteiger partial charge in [0.25, 0.3) is 5.91 Å². The van der Waals surface area contributed by atoms with Gasteiger partial charge in [-0.1, -0.05) is 53.7 Å². The first-order valence-electron chi connectivity index (χ1n) is 11.4. The fourth-order valence-electron chi connectivity index (χ4n) is 4.06. The number of benzene rings is 3. The first-order valence-corrected chi connectivity index (χ1v) is 11.4. The molecule has 0 saturated carbocycles. The van der Waals surface area contributed by atoms with Crippen LogP contribution in [-0.2, 0) is 25.3 Å². The predicted octanol–water partition coefficient (Wildman–Crippen LogP) is 4.72. The lowest BCUT2D eigenvalue weighted by molar-refractivity contribution is -0.155. The number of ether oxygens (including phenoxy) is 1. The van der Waals surface area contributed by atoms with E-state index < -0.39 is 35.6 Å². The number of nitrogens with two attached hydrogens (primary N) is 1. The fourth-order valence-corrected chi connectivity index (χ4v) is 4.06. The third kappa shape index (κ3) is 5.51. The molecule has 0 bridgehead atoms. The first-order chi connectivity index (χ1) is 18.0. The minimum absolute atomic E-state index is 0.00463. The van der Waals surface area contributed by atoms with Gasteiger partial charge in [-0.3, -0.25) is 15.0 Å². The number of nitrogen functional groups attached to an aromatic ring is 1. The molecular weight excluding hydrogens is 501 g/mol. The van der Waals surface area contributed by atoms with Gasteiger partial charge in [0.15, 0.2) is 0 Å². The van der Waals surface area contributed by atoms with Crippen LogP contribution in [0.4, 0.5) is 18.9 Å². The number of nitrogens with one attached hydrogen (secondary N) is 2. The molecule has 4 rings (SSSR count). The van der Waals surface area contributed by atoms with Crippen molar-refractivity contribution < 1.29 is 32.3 Å². The summed E-state index contributed by atoms with van der Waals surface area (Å²) in [4.78, 5) is 31.0. The normalized spacial score (nSPS) is 16.8. The molecule has 1 amide bonds. The van der Waals surface area contributed by atoms with Crippen molar-refractivity contribution in [2.45, 2.75) is 24.6 Å². The number of oxime groups is 1. The highest BCUT2D eigenvalue weighted by Gasteiger charge is 2.49.